The molecule has 2 aromatic rings. The van der Waals surface area contributed by atoms with Gasteiger partial charge in [0.2, 0.25) is 0 Å². The van der Waals surface area contributed by atoms with Crippen LogP contribution in [0.3, 0.4) is 0 Å². The van der Waals surface area contributed by atoms with Crippen LogP contribution in [-0.2, 0) is 16.1 Å². The third kappa shape index (κ3) is 3.92. The smallest absolute Gasteiger partial charge is 0.187 e. The molecule has 0 spiro atoms. The maximum atomic E-state index is 15.1. The number of rotatable bonds is 6. The molecule has 6 heteroatoms. The zero-order valence-corrected chi connectivity index (χ0v) is 14.3. The molecule has 134 valence electrons. The van der Waals surface area contributed by atoms with E-state index in [-0.39, 0.29) is 18.3 Å². The summed E-state index contributed by atoms with van der Waals surface area (Å²) in [6.45, 7) is 5.09. The number of benzene rings is 2. The summed E-state index contributed by atoms with van der Waals surface area (Å²) >= 11 is 0. The largest absolute Gasteiger partial charge is 0.486 e. The third-order valence-corrected chi connectivity index (χ3v) is 4.11. The highest BCUT2D eigenvalue weighted by atomic mass is 19.1. The minimum absolute atomic E-state index is 0.138. The Hall–Kier alpha value is -2.15. The second kappa shape index (κ2) is 7.82. The molecule has 0 aliphatic carbocycles. The molecule has 0 atom stereocenters. The van der Waals surface area contributed by atoms with Crippen molar-refractivity contribution in [3.63, 3.8) is 0 Å². The number of anilines is 1. The lowest BCUT2D eigenvalue weighted by atomic mass is 9.96. The lowest BCUT2D eigenvalue weighted by Gasteiger charge is -2.20. The maximum Gasteiger partial charge on any atom is 0.187 e. The van der Waals surface area contributed by atoms with Crippen molar-refractivity contribution < 1.29 is 23.8 Å². The number of halogens is 1. The molecule has 0 amide bonds. The van der Waals surface area contributed by atoms with Crippen molar-refractivity contribution in [3.8, 4) is 5.75 Å². The molecule has 1 fully saturated rings. The van der Waals surface area contributed by atoms with E-state index in [2.05, 4.69) is 5.48 Å². The first-order valence-electron chi connectivity index (χ1n) is 8.27. The van der Waals surface area contributed by atoms with E-state index in [1.807, 2.05) is 26.0 Å². The van der Waals surface area contributed by atoms with E-state index in [1.165, 1.54) is 0 Å². The summed E-state index contributed by atoms with van der Waals surface area (Å²) in [4.78, 5) is 0. The van der Waals surface area contributed by atoms with Gasteiger partial charge < -0.3 is 14.2 Å². The molecule has 2 aromatic carbocycles. The number of hydrogen-bond acceptors (Lipinski definition) is 5. The van der Waals surface area contributed by atoms with Crippen LogP contribution < -0.4 is 10.2 Å². The molecule has 2 N–H and O–H groups in total. The number of ether oxygens (including phenoxy) is 3. The molecular weight excluding hydrogens is 325 g/mol. The van der Waals surface area contributed by atoms with Gasteiger partial charge >= 0.3 is 0 Å². The minimum Gasteiger partial charge on any atom is -0.486 e. The van der Waals surface area contributed by atoms with Gasteiger partial charge in [-0.3, -0.25) is 10.7 Å². The zero-order chi connectivity index (χ0) is 17.8. The fraction of sp³-hybridized carbons (Fsp3) is 0.368. The SMILES string of the molecule is CC(C)c1ccc(OCc2cccc(NO)c2)c(F)c1C1OCCO1. The first kappa shape index (κ1) is 17.7. The lowest BCUT2D eigenvalue weighted by molar-refractivity contribution is -0.0475. The van der Waals surface area contributed by atoms with Gasteiger partial charge in [0.15, 0.2) is 17.9 Å². The normalized spacial score (nSPS) is 14.9. The second-order valence-electron chi connectivity index (χ2n) is 6.21. The van der Waals surface area contributed by atoms with E-state index in [9.17, 15) is 0 Å². The summed E-state index contributed by atoms with van der Waals surface area (Å²) in [7, 11) is 0. The van der Waals surface area contributed by atoms with Crippen LogP contribution in [0, 0.1) is 5.82 Å². The van der Waals surface area contributed by atoms with Gasteiger partial charge in [0.25, 0.3) is 0 Å². The fourth-order valence-corrected chi connectivity index (χ4v) is 2.86. The average molecular weight is 347 g/mol. The van der Waals surface area contributed by atoms with Gasteiger partial charge in [0, 0.05) is 0 Å². The van der Waals surface area contributed by atoms with Crippen LogP contribution in [0.1, 0.15) is 42.7 Å². The zero-order valence-electron chi connectivity index (χ0n) is 14.3. The molecular formula is C19H22FNO4. The first-order chi connectivity index (χ1) is 12.1. The number of hydrogen-bond donors (Lipinski definition) is 2. The lowest BCUT2D eigenvalue weighted by Crippen LogP contribution is -2.09. The molecule has 0 radical (unpaired) electrons. The van der Waals surface area contributed by atoms with Gasteiger partial charge in [0.05, 0.1) is 24.5 Å². The van der Waals surface area contributed by atoms with E-state index < -0.39 is 12.1 Å². The Balaban J connectivity index is 1.85. The van der Waals surface area contributed by atoms with Crippen molar-refractivity contribution in [1.29, 1.82) is 0 Å². The Labute approximate surface area is 146 Å². The van der Waals surface area contributed by atoms with E-state index in [4.69, 9.17) is 19.4 Å². The Morgan fingerprint density at radius 1 is 1.24 bits per heavy atom. The minimum atomic E-state index is -0.692. The standard InChI is InChI=1S/C19H22FNO4/c1-12(2)15-6-7-16(18(20)17(15)19-23-8-9-24-19)25-11-13-4-3-5-14(10-13)21-22/h3-7,10,12,19,21-22H,8-9,11H2,1-2H3. The van der Waals surface area contributed by atoms with Crippen molar-refractivity contribution in [2.24, 2.45) is 0 Å². The van der Waals surface area contributed by atoms with Crippen molar-refractivity contribution >= 4 is 5.69 Å². The summed E-state index contributed by atoms with van der Waals surface area (Å²) in [5.41, 5.74) is 4.70. The van der Waals surface area contributed by atoms with Crippen molar-refractivity contribution in [1.82, 2.24) is 0 Å². The van der Waals surface area contributed by atoms with Crippen LogP contribution in [0.5, 0.6) is 5.75 Å². The predicted molar refractivity (Wildman–Crippen MR) is 91.3 cm³/mol. The van der Waals surface area contributed by atoms with Crippen LogP contribution >= 0.6 is 0 Å². The van der Waals surface area contributed by atoms with Gasteiger partial charge in [-0.05, 0) is 35.2 Å². The maximum absolute atomic E-state index is 15.1. The van der Waals surface area contributed by atoms with Crippen molar-refractivity contribution in [2.75, 3.05) is 18.7 Å². The first-order valence-corrected chi connectivity index (χ1v) is 8.27. The van der Waals surface area contributed by atoms with Gasteiger partial charge in [0.1, 0.15) is 6.61 Å². The summed E-state index contributed by atoms with van der Waals surface area (Å²) in [5, 5.41) is 8.95. The monoisotopic (exact) mass is 347 g/mol. The van der Waals surface area contributed by atoms with E-state index in [1.54, 1.807) is 24.3 Å². The highest BCUT2D eigenvalue weighted by Gasteiger charge is 2.28. The molecule has 0 aromatic heterocycles. The quantitative estimate of drug-likeness (QED) is 0.760. The molecule has 25 heavy (non-hydrogen) atoms. The third-order valence-electron chi connectivity index (χ3n) is 4.11. The Morgan fingerprint density at radius 3 is 2.68 bits per heavy atom. The predicted octanol–water partition coefficient (Wildman–Crippen LogP) is 4.37. The van der Waals surface area contributed by atoms with Crippen LogP contribution in [0.2, 0.25) is 0 Å². The van der Waals surface area contributed by atoms with Crippen LogP contribution in [0.4, 0.5) is 10.1 Å². The molecule has 1 saturated heterocycles. The average Bonchev–Trinajstić information content (AvgIpc) is 3.14. The highest BCUT2D eigenvalue weighted by molar-refractivity contribution is 5.44. The molecule has 1 heterocycles. The van der Waals surface area contributed by atoms with Crippen molar-refractivity contribution in [2.45, 2.75) is 32.7 Å². The summed E-state index contributed by atoms with van der Waals surface area (Å²) < 4.78 is 31.7. The fourth-order valence-electron chi connectivity index (χ4n) is 2.86. The Kier molecular flexibility index (Phi) is 5.53. The molecule has 0 saturated carbocycles. The molecule has 3 rings (SSSR count). The van der Waals surface area contributed by atoms with E-state index >= 15 is 4.39 Å². The number of nitrogens with one attached hydrogen (secondary N) is 1. The summed E-state index contributed by atoms with van der Waals surface area (Å²) in [6, 6.07) is 10.6. The molecule has 1 aliphatic rings. The van der Waals surface area contributed by atoms with Gasteiger partial charge in [-0.2, -0.15) is 0 Å². The van der Waals surface area contributed by atoms with Gasteiger partial charge in [-0.15, -0.1) is 0 Å². The van der Waals surface area contributed by atoms with Gasteiger partial charge in [-0.1, -0.05) is 32.0 Å². The summed E-state index contributed by atoms with van der Waals surface area (Å²) in [6.07, 6.45) is -0.692. The second-order valence-corrected chi connectivity index (χ2v) is 6.21. The van der Waals surface area contributed by atoms with Gasteiger partial charge in [-0.25, -0.2) is 4.39 Å². The molecule has 1 aliphatic heterocycles. The molecule has 5 nitrogen and oxygen atoms in total. The van der Waals surface area contributed by atoms with E-state index in [0.717, 1.165) is 11.1 Å². The van der Waals surface area contributed by atoms with Crippen LogP contribution in [-0.4, -0.2) is 18.4 Å². The highest BCUT2D eigenvalue weighted by Crippen LogP contribution is 2.36. The molecule has 0 unspecified atom stereocenters. The van der Waals surface area contributed by atoms with Crippen molar-refractivity contribution in [3.05, 3.63) is 58.9 Å². The Bertz CT molecular complexity index is 729. The van der Waals surface area contributed by atoms with Crippen LogP contribution in [0.15, 0.2) is 36.4 Å². The molecule has 0 bridgehead atoms. The Morgan fingerprint density at radius 2 is 2.00 bits per heavy atom. The summed E-state index contributed by atoms with van der Waals surface area (Å²) in [5.74, 6) is -0.158. The van der Waals surface area contributed by atoms with E-state index in [0.29, 0.717) is 24.5 Å². The van der Waals surface area contributed by atoms with Crippen LogP contribution in [0.25, 0.3) is 0 Å². The topological polar surface area (TPSA) is 60.0 Å².